The van der Waals surface area contributed by atoms with Gasteiger partial charge in [-0.2, -0.15) is 0 Å². The van der Waals surface area contributed by atoms with Crippen LogP contribution in [0.2, 0.25) is 0 Å². The van der Waals surface area contributed by atoms with Crippen LogP contribution in [0.15, 0.2) is 11.6 Å². The molecule has 0 heterocycles. The maximum atomic E-state index is 9.07. The predicted octanol–water partition coefficient (Wildman–Crippen LogP) is 3.14. The fraction of sp³-hybridized carbons (Fsp3) is 0.818. The minimum Gasteiger partial charge on any atom is -0.393 e. The van der Waals surface area contributed by atoms with Crippen molar-refractivity contribution >= 4 is 0 Å². The molecule has 1 heteroatoms. The van der Waals surface area contributed by atoms with Crippen LogP contribution in [0, 0.1) is 5.92 Å². The van der Waals surface area contributed by atoms with Crippen molar-refractivity contribution in [3.63, 3.8) is 0 Å². The van der Waals surface area contributed by atoms with Gasteiger partial charge in [0.25, 0.3) is 0 Å². The van der Waals surface area contributed by atoms with Crippen LogP contribution in [0.25, 0.3) is 0 Å². The minimum absolute atomic E-state index is 0.162. The molecule has 2 unspecified atom stereocenters. The average Bonchev–Trinajstić information content (AvgIpc) is 2.00. The van der Waals surface area contributed by atoms with Crippen LogP contribution >= 0.6 is 0 Å². The molecule has 0 aliphatic heterocycles. The van der Waals surface area contributed by atoms with Crippen molar-refractivity contribution in [2.24, 2.45) is 5.92 Å². The van der Waals surface area contributed by atoms with Crippen molar-refractivity contribution in [3.05, 3.63) is 11.6 Å². The molecule has 12 heavy (non-hydrogen) atoms. The van der Waals surface area contributed by atoms with E-state index in [0.29, 0.717) is 5.92 Å². The molecule has 0 aliphatic carbocycles. The summed E-state index contributed by atoms with van der Waals surface area (Å²) in [6.07, 6.45) is 5.26. The molecule has 0 aromatic heterocycles. The van der Waals surface area contributed by atoms with Gasteiger partial charge >= 0.3 is 0 Å². The third-order valence-electron chi connectivity index (χ3n) is 2.17. The first-order valence-corrected chi connectivity index (χ1v) is 4.91. The molecular weight excluding hydrogens is 148 g/mol. The predicted molar refractivity (Wildman–Crippen MR) is 54.1 cm³/mol. The van der Waals surface area contributed by atoms with E-state index >= 15 is 0 Å². The third-order valence-corrected chi connectivity index (χ3v) is 2.17. The summed E-state index contributed by atoms with van der Waals surface area (Å²) in [5.74, 6) is 0.680. The van der Waals surface area contributed by atoms with Crippen LogP contribution in [-0.4, -0.2) is 11.2 Å². The first-order valence-electron chi connectivity index (χ1n) is 4.91. The fourth-order valence-electron chi connectivity index (χ4n) is 1.12. The molecule has 2 atom stereocenters. The van der Waals surface area contributed by atoms with Gasteiger partial charge in [0.2, 0.25) is 0 Å². The van der Waals surface area contributed by atoms with Gasteiger partial charge in [-0.1, -0.05) is 31.9 Å². The van der Waals surface area contributed by atoms with Gasteiger partial charge < -0.3 is 5.11 Å². The van der Waals surface area contributed by atoms with Crippen LogP contribution in [-0.2, 0) is 0 Å². The van der Waals surface area contributed by atoms with Gasteiger partial charge in [-0.3, -0.25) is 0 Å². The maximum absolute atomic E-state index is 9.07. The van der Waals surface area contributed by atoms with Crippen molar-refractivity contribution < 1.29 is 5.11 Å². The molecule has 0 saturated carbocycles. The second-order valence-electron chi connectivity index (χ2n) is 3.79. The lowest BCUT2D eigenvalue weighted by molar-refractivity contribution is 0.185. The molecule has 0 aliphatic rings. The van der Waals surface area contributed by atoms with E-state index in [2.05, 4.69) is 26.8 Å². The molecule has 0 amide bonds. The lowest BCUT2D eigenvalue weighted by Crippen LogP contribution is -1.99. The van der Waals surface area contributed by atoms with Crippen LogP contribution in [0.4, 0.5) is 0 Å². The molecule has 1 N–H and O–H groups in total. The van der Waals surface area contributed by atoms with Crippen LogP contribution in [0.5, 0.6) is 0 Å². The summed E-state index contributed by atoms with van der Waals surface area (Å²) in [7, 11) is 0. The van der Waals surface area contributed by atoms with Gasteiger partial charge in [0, 0.05) is 0 Å². The number of hydrogen-bond acceptors (Lipinski definition) is 1. The van der Waals surface area contributed by atoms with Gasteiger partial charge in [-0.25, -0.2) is 0 Å². The number of allylic oxidation sites excluding steroid dienone is 2. The highest BCUT2D eigenvalue weighted by Gasteiger charge is 1.98. The summed E-state index contributed by atoms with van der Waals surface area (Å²) >= 11 is 0. The van der Waals surface area contributed by atoms with Gasteiger partial charge in [-0.05, 0) is 32.6 Å². The van der Waals surface area contributed by atoms with Crippen LogP contribution in [0.3, 0.4) is 0 Å². The van der Waals surface area contributed by atoms with E-state index in [1.165, 1.54) is 12.0 Å². The van der Waals surface area contributed by atoms with E-state index in [9.17, 15) is 0 Å². The molecule has 0 bridgehead atoms. The van der Waals surface area contributed by atoms with E-state index in [1.54, 1.807) is 0 Å². The van der Waals surface area contributed by atoms with E-state index in [-0.39, 0.29) is 6.10 Å². The Morgan fingerprint density at radius 2 is 2.00 bits per heavy atom. The molecule has 0 rings (SSSR count). The van der Waals surface area contributed by atoms with Gasteiger partial charge in [0.1, 0.15) is 0 Å². The third kappa shape index (κ3) is 6.41. The Bertz CT molecular complexity index is 136. The van der Waals surface area contributed by atoms with Crippen molar-refractivity contribution in [3.8, 4) is 0 Å². The number of hydrogen-bond donors (Lipinski definition) is 1. The number of rotatable bonds is 5. The lowest BCUT2D eigenvalue weighted by atomic mass is 10.0. The monoisotopic (exact) mass is 170 g/mol. The Morgan fingerprint density at radius 3 is 2.42 bits per heavy atom. The second-order valence-corrected chi connectivity index (χ2v) is 3.79. The zero-order valence-electron chi connectivity index (χ0n) is 8.80. The van der Waals surface area contributed by atoms with Crippen LogP contribution in [0.1, 0.15) is 47.0 Å². The average molecular weight is 170 g/mol. The summed E-state index contributed by atoms with van der Waals surface area (Å²) in [4.78, 5) is 0. The first kappa shape index (κ1) is 11.7. The quantitative estimate of drug-likeness (QED) is 0.628. The molecule has 0 aromatic rings. The highest BCUT2D eigenvalue weighted by Crippen LogP contribution is 2.12. The molecule has 0 fully saturated rings. The Balaban J connectivity index is 3.69. The molecule has 0 spiro atoms. The number of aliphatic hydroxyl groups excluding tert-OH is 1. The van der Waals surface area contributed by atoms with E-state index in [0.717, 1.165) is 12.8 Å². The fourth-order valence-corrected chi connectivity index (χ4v) is 1.12. The van der Waals surface area contributed by atoms with Gasteiger partial charge in [-0.15, -0.1) is 0 Å². The summed E-state index contributed by atoms with van der Waals surface area (Å²) in [5.41, 5.74) is 1.41. The Hall–Kier alpha value is -0.300. The number of aliphatic hydroxyl groups is 1. The largest absolute Gasteiger partial charge is 0.393 e. The normalized spacial score (nSPS) is 17.6. The first-order chi connectivity index (χ1) is 5.56. The van der Waals surface area contributed by atoms with Crippen LogP contribution < -0.4 is 0 Å². The Kier molecular flexibility index (Phi) is 6.09. The van der Waals surface area contributed by atoms with E-state index in [4.69, 9.17) is 5.11 Å². The van der Waals surface area contributed by atoms with Crippen molar-refractivity contribution in [1.82, 2.24) is 0 Å². The lowest BCUT2D eigenvalue weighted by Gasteiger charge is -2.07. The topological polar surface area (TPSA) is 20.2 Å². The molecule has 0 aromatic carbocycles. The maximum Gasteiger partial charge on any atom is 0.0515 e. The summed E-state index contributed by atoms with van der Waals surface area (Å²) in [6.45, 7) is 8.42. The second kappa shape index (κ2) is 6.24. The zero-order chi connectivity index (χ0) is 9.56. The van der Waals surface area contributed by atoms with E-state index < -0.39 is 0 Å². The highest BCUT2D eigenvalue weighted by atomic mass is 16.3. The Labute approximate surface area is 76.5 Å². The smallest absolute Gasteiger partial charge is 0.0515 e. The molecular formula is C11H22O. The van der Waals surface area contributed by atoms with Gasteiger partial charge in [0.15, 0.2) is 0 Å². The summed E-state index contributed by atoms with van der Waals surface area (Å²) in [6, 6.07) is 0. The summed E-state index contributed by atoms with van der Waals surface area (Å²) < 4.78 is 0. The SMILES string of the molecule is CCC(C)/C=C(\C)CCC(C)O. The molecule has 0 radical (unpaired) electrons. The molecule has 72 valence electrons. The highest BCUT2D eigenvalue weighted by molar-refractivity contribution is 5.00. The summed E-state index contributed by atoms with van der Waals surface area (Å²) in [5, 5.41) is 9.07. The van der Waals surface area contributed by atoms with Crippen molar-refractivity contribution in [2.45, 2.75) is 53.1 Å². The standard InChI is InChI=1S/C11H22O/c1-5-9(2)8-10(3)6-7-11(4)12/h8-9,11-12H,5-7H2,1-4H3/b10-8+. The van der Waals surface area contributed by atoms with Crippen molar-refractivity contribution in [1.29, 1.82) is 0 Å². The molecule has 1 nitrogen and oxygen atoms in total. The van der Waals surface area contributed by atoms with Crippen molar-refractivity contribution in [2.75, 3.05) is 0 Å². The van der Waals surface area contributed by atoms with Gasteiger partial charge in [0.05, 0.1) is 6.10 Å². The molecule has 0 saturated heterocycles. The Morgan fingerprint density at radius 1 is 1.42 bits per heavy atom. The minimum atomic E-state index is -0.162. The van der Waals surface area contributed by atoms with E-state index in [1.807, 2.05) is 6.92 Å². The zero-order valence-corrected chi connectivity index (χ0v) is 8.80.